The highest BCUT2D eigenvalue weighted by Gasteiger charge is 2.17. The first-order chi connectivity index (χ1) is 8.66. The number of hydrogen-bond acceptors (Lipinski definition) is 0. The van der Waals surface area contributed by atoms with Crippen LogP contribution in [0.2, 0.25) is 0 Å². The van der Waals surface area contributed by atoms with Crippen LogP contribution in [-0.4, -0.2) is 0 Å². The number of halogens is 1. The molecule has 0 aromatic heterocycles. The summed E-state index contributed by atoms with van der Waals surface area (Å²) in [6.07, 6.45) is 0.921. The summed E-state index contributed by atoms with van der Waals surface area (Å²) < 4.78 is 13.0. The fourth-order valence-corrected chi connectivity index (χ4v) is 2.12. The van der Waals surface area contributed by atoms with E-state index in [0.29, 0.717) is 5.92 Å². The Hall–Kier alpha value is -1.63. The quantitative estimate of drug-likeness (QED) is 0.731. The molecule has 93 valence electrons. The van der Waals surface area contributed by atoms with Crippen molar-refractivity contribution in [2.75, 3.05) is 0 Å². The SMILES string of the molecule is CC(C)[C](Cc1ccccc1)c1ccc(F)cc1. The molecule has 0 aliphatic rings. The van der Waals surface area contributed by atoms with Crippen LogP contribution < -0.4 is 0 Å². The minimum absolute atomic E-state index is 0.179. The van der Waals surface area contributed by atoms with Crippen molar-refractivity contribution < 1.29 is 4.39 Å². The molecule has 0 spiro atoms. The van der Waals surface area contributed by atoms with Gasteiger partial charge in [0.05, 0.1) is 0 Å². The van der Waals surface area contributed by atoms with Crippen molar-refractivity contribution in [2.24, 2.45) is 5.92 Å². The molecule has 1 radical (unpaired) electrons. The van der Waals surface area contributed by atoms with Crippen molar-refractivity contribution in [1.29, 1.82) is 0 Å². The molecule has 0 N–H and O–H groups in total. The lowest BCUT2D eigenvalue weighted by atomic mass is 9.83. The molecular formula is C17H18F. The van der Waals surface area contributed by atoms with Crippen LogP contribution in [0.25, 0.3) is 0 Å². The molecule has 0 bridgehead atoms. The summed E-state index contributed by atoms with van der Waals surface area (Å²) in [6.45, 7) is 4.36. The normalized spacial score (nSPS) is 11.2. The molecule has 0 nitrogen and oxygen atoms in total. The Balaban J connectivity index is 2.21. The zero-order chi connectivity index (χ0) is 13.0. The zero-order valence-electron chi connectivity index (χ0n) is 10.9. The average molecular weight is 241 g/mol. The minimum Gasteiger partial charge on any atom is -0.207 e. The van der Waals surface area contributed by atoms with Gasteiger partial charge in [-0.2, -0.15) is 0 Å². The highest BCUT2D eigenvalue weighted by atomic mass is 19.1. The van der Waals surface area contributed by atoms with Gasteiger partial charge in [0.15, 0.2) is 0 Å². The van der Waals surface area contributed by atoms with Crippen molar-refractivity contribution in [3.8, 4) is 0 Å². The van der Waals surface area contributed by atoms with Gasteiger partial charge in [-0.3, -0.25) is 0 Å². The van der Waals surface area contributed by atoms with Gasteiger partial charge in [-0.25, -0.2) is 4.39 Å². The van der Waals surface area contributed by atoms with E-state index >= 15 is 0 Å². The van der Waals surface area contributed by atoms with Crippen LogP contribution >= 0.6 is 0 Å². The van der Waals surface area contributed by atoms with Crippen LogP contribution in [-0.2, 0) is 6.42 Å². The smallest absolute Gasteiger partial charge is 0.123 e. The van der Waals surface area contributed by atoms with Crippen molar-refractivity contribution in [1.82, 2.24) is 0 Å². The molecule has 0 aliphatic heterocycles. The lowest BCUT2D eigenvalue weighted by Crippen LogP contribution is -2.11. The molecule has 0 heterocycles. The van der Waals surface area contributed by atoms with E-state index in [4.69, 9.17) is 0 Å². The minimum atomic E-state index is -0.179. The molecule has 18 heavy (non-hydrogen) atoms. The van der Waals surface area contributed by atoms with Gasteiger partial charge >= 0.3 is 0 Å². The Kier molecular flexibility index (Phi) is 4.14. The maximum atomic E-state index is 13.0. The highest BCUT2D eigenvalue weighted by molar-refractivity contribution is 5.35. The summed E-state index contributed by atoms with van der Waals surface area (Å²) in [7, 11) is 0. The third-order valence-corrected chi connectivity index (χ3v) is 3.15. The Morgan fingerprint density at radius 2 is 1.56 bits per heavy atom. The summed E-state index contributed by atoms with van der Waals surface area (Å²) in [6, 6.07) is 17.2. The van der Waals surface area contributed by atoms with E-state index < -0.39 is 0 Å². The molecule has 2 aromatic carbocycles. The molecule has 2 rings (SSSR count). The standard InChI is InChI=1S/C17H18F/c1-13(2)17(12-14-6-4-3-5-7-14)15-8-10-16(18)11-9-15/h3-11,13H,12H2,1-2H3. The molecule has 0 fully saturated rings. The Morgan fingerprint density at radius 1 is 0.944 bits per heavy atom. The van der Waals surface area contributed by atoms with Crippen LogP contribution in [0.4, 0.5) is 4.39 Å². The molecule has 2 aromatic rings. The Labute approximate surface area is 108 Å². The highest BCUT2D eigenvalue weighted by Crippen LogP contribution is 2.27. The van der Waals surface area contributed by atoms with Gasteiger partial charge in [0.1, 0.15) is 5.82 Å². The Morgan fingerprint density at radius 3 is 2.11 bits per heavy atom. The Bertz CT molecular complexity index is 471. The number of rotatable bonds is 4. The van der Waals surface area contributed by atoms with Gasteiger partial charge in [0.25, 0.3) is 0 Å². The molecule has 0 amide bonds. The maximum Gasteiger partial charge on any atom is 0.123 e. The van der Waals surface area contributed by atoms with Gasteiger partial charge in [0, 0.05) is 5.92 Å². The number of benzene rings is 2. The van der Waals surface area contributed by atoms with Crippen LogP contribution in [0.1, 0.15) is 25.0 Å². The second kappa shape index (κ2) is 5.81. The molecular weight excluding hydrogens is 223 g/mol. The van der Waals surface area contributed by atoms with Crippen molar-refractivity contribution in [2.45, 2.75) is 20.3 Å². The van der Waals surface area contributed by atoms with Gasteiger partial charge in [-0.15, -0.1) is 0 Å². The van der Waals surface area contributed by atoms with Crippen molar-refractivity contribution >= 4 is 0 Å². The first kappa shape index (κ1) is 12.8. The monoisotopic (exact) mass is 241 g/mol. The predicted molar refractivity (Wildman–Crippen MR) is 73.7 cm³/mol. The molecule has 0 atom stereocenters. The number of hydrogen-bond donors (Lipinski definition) is 0. The molecule has 0 unspecified atom stereocenters. The third kappa shape index (κ3) is 3.19. The topological polar surface area (TPSA) is 0 Å². The molecule has 0 saturated heterocycles. The van der Waals surface area contributed by atoms with E-state index in [2.05, 4.69) is 38.1 Å². The third-order valence-electron chi connectivity index (χ3n) is 3.15. The largest absolute Gasteiger partial charge is 0.207 e. The predicted octanol–water partition coefficient (Wildman–Crippen LogP) is 4.65. The van der Waals surface area contributed by atoms with E-state index in [-0.39, 0.29) is 5.82 Å². The molecule has 0 saturated carbocycles. The summed E-state index contributed by atoms with van der Waals surface area (Å²) in [4.78, 5) is 0. The van der Waals surface area contributed by atoms with Gasteiger partial charge in [-0.05, 0) is 35.6 Å². The lowest BCUT2D eigenvalue weighted by molar-refractivity contribution is 0.623. The second-order valence-corrected chi connectivity index (χ2v) is 4.85. The van der Waals surface area contributed by atoms with Crippen molar-refractivity contribution in [3.05, 3.63) is 77.5 Å². The second-order valence-electron chi connectivity index (χ2n) is 4.85. The van der Waals surface area contributed by atoms with Gasteiger partial charge in [0.2, 0.25) is 0 Å². The van der Waals surface area contributed by atoms with E-state index in [1.54, 1.807) is 0 Å². The summed E-state index contributed by atoms with van der Waals surface area (Å²) in [5, 5.41) is 0. The van der Waals surface area contributed by atoms with Crippen LogP contribution in [0.15, 0.2) is 54.6 Å². The van der Waals surface area contributed by atoms with Crippen LogP contribution in [0.5, 0.6) is 0 Å². The fourth-order valence-electron chi connectivity index (χ4n) is 2.12. The van der Waals surface area contributed by atoms with Crippen LogP contribution in [0.3, 0.4) is 0 Å². The lowest BCUT2D eigenvalue weighted by Gasteiger charge is -2.20. The van der Waals surface area contributed by atoms with Gasteiger partial charge < -0.3 is 0 Å². The molecule has 0 aliphatic carbocycles. The van der Waals surface area contributed by atoms with E-state index in [0.717, 1.165) is 12.0 Å². The van der Waals surface area contributed by atoms with Crippen molar-refractivity contribution in [3.63, 3.8) is 0 Å². The summed E-state index contributed by atoms with van der Waals surface area (Å²) >= 11 is 0. The van der Waals surface area contributed by atoms with E-state index in [9.17, 15) is 4.39 Å². The zero-order valence-corrected chi connectivity index (χ0v) is 10.9. The summed E-state index contributed by atoms with van der Waals surface area (Å²) in [5.74, 6) is 1.62. The maximum absolute atomic E-state index is 13.0. The average Bonchev–Trinajstić information content (AvgIpc) is 2.38. The van der Waals surface area contributed by atoms with Crippen LogP contribution in [0, 0.1) is 17.7 Å². The first-order valence-corrected chi connectivity index (χ1v) is 6.32. The first-order valence-electron chi connectivity index (χ1n) is 6.32. The van der Waals surface area contributed by atoms with E-state index in [1.807, 2.05) is 18.2 Å². The van der Waals surface area contributed by atoms with E-state index in [1.165, 1.54) is 23.6 Å². The van der Waals surface area contributed by atoms with Gasteiger partial charge in [-0.1, -0.05) is 56.3 Å². The fraction of sp³-hybridized carbons (Fsp3) is 0.235. The molecule has 1 heteroatoms. The summed E-state index contributed by atoms with van der Waals surface area (Å²) in [5.41, 5.74) is 2.43.